The van der Waals surface area contributed by atoms with Crippen LogP contribution in [0.1, 0.15) is 18.5 Å². The topological polar surface area (TPSA) is 57.6 Å². The molecule has 0 saturated heterocycles. The first-order chi connectivity index (χ1) is 11.4. The van der Waals surface area contributed by atoms with E-state index in [9.17, 15) is 19.1 Å². The maximum atomic E-state index is 13.2. The Kier molecular flexibility index (Phi) is 4.24. The van der Waals surface area contributed by atoms with Gasteiger partial charge in [0.25, 0.3) is 5.91 Å². The van der Waals surface area contributed by atoms with Crippen LogP contribution in [0.4, 0.5) is 10.1 Å². The van der Waals surface area contributed by atoms with E-state index in [0.29, 0.717) is 11.3 Å². The van der Waals surface area contributed by atoms with Crippen molar-refractivity contribution in [2.45, 2.75) is 13.0 Å². The number of benzene rings is 2. The van der Waals surface area contributed by atoms with Gasteiger partial charge in [0.05, 0.1) is 11.6 Å². The fourth-order valence-corrected chi connectivity index (χ4v) is 3.06. The van der Waals surface area contributed by atoms with Crippen LogP contribution in [-0.2, 0) is 9.59 Å². The third kappa shape index (κ3) is 2.73. The summed E-state index contributed by atoms with van der Waals surface area (Å²) in [6.45, 7) is 1.29. The van der Waals surface area contributed by atoms with Gasteiger partial charge in [0, 0.05) is 10.2 Å². The summed E-state index contributed by atoms with van der Waals surface area (Å²) in [5.74, 6) is -2.05. The van der Waals surface area contributed by atoms with Crippen molar-refractivity contribution in [1.29, 1.82) is 0 Å². The highest BCUT2D eigenvalue weighted by Gasteiger charge is 2.43. The van der Waals surface area contributed by atoms with Crippen LogP contribution < -0.4 is 4.90 Å². The van der Waals surface area contributed by atoms with E-state index in [1.807, 2.05) is 0 Å². The number of anilines is 1. The molecule has 0 fully saturated rings. The fourth-order valence-electron chi connectivity index (χ4n) is 2.79. The first-order valence-electron chi connectivity index (χ1n) is 7.19. The molecule has 4 nitrogen and oxygen atoms in total. The lowest BCUT2D eigenvalue weighted by Gasteiger charge is -2.26. The number of halogens is 2. The summed E-state index contributed by atoms with van der Waals surface area (Å²) in [6, 6.07) is 11.6. The highest BCUT2D eigenvalue weighted by molar-refractivity contribution is 9.10. The molecule has 0 aliphatic carbocycles. The molecular weight excluding hydrogens is 377 g/mol. The molecule has 2 aromatic carbocycles. The van der Waals surface area contributed by atoms with Crippen molar-refractivity contribution in [1.82, 2.24) is 0 Å². The number of carbonyl (C=O) groups is 2. The van der Waals surface area contributed by atoms with Gasteiger partial charge in [-0.05, 0) is 48.9 Å². The predicted octanol–water partition coefficient (Wildman–Crippen LogP) is 4.08. The molecule has 0 aromatic heterocycles. The third-order valence-corrected chi connectivity index (χ3v) is 4.41. The van der Waals surface area contributed by atoms with Gasteiger partial charge in [-0.2, -0.15) is 0 Å². The van der Waals surface area contributed by atoms with Crippen LogP contribution in [0.2, 0.25) is 0 Å². The van der Waals surface area contributed by atoms with Gasteiger partial charge in [0.15, 0.2) is 11.5 Å². The minimum atomic E-state index is -0.795. The summed E-state index contributed by atoms with van der Waals surface area (Å²) in [5, 5.41) is 10.2. The lowest BCUT2D eigenvalue weighted by molar-refractivity contribution is -0.117. The lowest BCUT2D eigenvalue weighted by Crippen LogP contribution is -2.30. The van der Waals surface area contributed by atoms with E-state index in [0.717, 1.165) is 4.47 Å². The van der Waals surface area contributed by atoms with E-state index < -0.39 is 29.3 Å². The normalized spacial score (nSPS) is 17.5. The largest absolute Gasteiger partial charge is 0.503 e. The summed E-state index contributed by atoms with van der Waals surface area (Å²) in [7, 11) is 0. The number of aliphatic hydroxyl groups is 1. The average molecular weight is 390 g/mol. The Balaban J connectivity index is 2.16. The summed E-state index contributed by atoms with van der Waals surface area (Å²) in [5.41, 5.74) is 1.08. The molecule has 1 atom stereocenters. The number of nitrogens with zero attached hydrogens (tertiary/aromatic N) is 1. The van der Waals surface area contributed by atoms with Crippen molar-refractivity contribution in [3.8, 4) is 0 Å². The van der Waals surface area contributed by atoms with Crippen molar-refractivity contribution in [2.75, 3.05) is 4.90 Å². The average Bonchev–Trinajstić information content (AvgIpc) is 2.81. The van der Waals surface area contributed by atoms with E-state index in [4.69, 9.17) is 0 Å². The molecule has 122 valence electrons. The Bertz CT molecular complexity index is 844. The molecule has 1 N–H and O–H groups in total. The fraction of sp³-hybridized carbons (Fsp3) is 0.111. The lowest BCUT2D eigenvalue weighted by atomic mass is 9.96. The number of Topliss-reactive ketones (excluding diaryl/α,β-unsaturated/α-hetero) is 1. The van der Waals surface area contributed by atoms with Crippen LogP contribution >= 0.6 is 15.9 Å². The molecule has 6 heteroatoms. The van der Waals surface area contributed by atoms with Gasteiger partial charge in [-0.3, -0.25) is 14.5 Å². The molecule has 2 aromatic rings. The zero-order valence-corrected chi connectivity index (χ0v) is 14.2. The maximum absolute atomic E-state index is 13.2. The summed E-state index contributed by atoms with van der Waals surface area (Å²) >= 11 is 3.33. The van der Waals surface area contributed by atoms with Gasteiger partial charge in [0.2, 0.25) is 0 Å². The van der Waals surface area contributed by atoms with Gasteiger partial charge in [0.1, 0.15) is 5.82 Å². The first kappa shape index (κ1) is 16.4. The number of carbonyl (C=O) groups excluding carboxylic acids is 2. The van der Waals surface area contributed by atoms with Gasteiger partial charge < -0.3 is 5.11 Å². The predicted molar refractivity (Wildman–Crippen MR) is 91.1 cm³/mol. The SMILES string of the molecule is CC(=O)C1=C(O)C(=O)N(c2ccc(Br)cc2)C1c1ccc(F)cc1. The van der Waals surface area contributed by atoms with Crippen molar-refractivity contribution >= 4 is 33.3 Å². The highest BCUT2D eigenvalue weighted by Crippen LogP contribution is 2.41. The van der Waals surface area contributed by atoms with Gasteiger partial charge in [-0.1, -0.05) is 28.1 Å². The van der Waals surface area contributed by atoms with Crippen LogP contribution in [0.25, 0.3) is 0 Å². The van der Waals surface area contributed by atoms with Crippen LogP contribution in [0.3, 0.4) is 0 Å². The molecule has 0 spiro atoms. The Labute approximate surface area is 146 Å². The van der Waals surface area contributed by atoms with Crippen LogP contribution in [0.5, 0.6) is 0 Å². The molecule has 3 rings (SSSR count). The van der Waals surface area contributed by atoms with Crippen LogP contribution in [0.15, 0.2) is 64.3 Å². The zero-order valence-electron chi connectivity index (χ0n) is 12.7. The molecule has 0 saturated carbocycles. The molecule has 1 unspecified atom stereocenters. The molecule has 0 radical (unpaired) electrons. The van der Waals surface area contributed by atoms with E-state index in [2.05, 4.69) is 15.9 Å². The van der Waals surface area contributed by atoms with Crippen LogP contribution in [0, 0.1) is 5.82 Å². The molecule has 1 amide bonds. The molecule has 1 heterocycles. The van der Waals surface area contributed by atoms with Crippen molar-refractivity contribution in [3.63, 3.8) is 0 Å². The van der Waals surface area contributed by atoms with Crippen molar-refractivity contribution in [2.24, 2.45) is 0 Å². The minimum Gasteiger partial charge on any atom is -0.503 e. The molecule has 24 heavy (non-hydrogen) atoms. The maximum Gasteiger partial charge on any atom is 0.294 e. The summed E-state index contributed by atoms with van der Waals surface area (Å²) in [6.07, 6.45) is 0. The second-order valence-electron chi connectivity index (χ2n) is 5.42. The van der Waals surface area contributed by atoms with Gasteiger partial charge in [-0.25, -0.2) is 4.39 Å². The van der Waals surface area contributed by atoms with Crippen molar-refractivity contribution in [3.05, 3.63) is 75.7 Å². The number of aliphatic hydroxyl groups excluding tert-OH is 1. The van der Waals surface area contributed by atoms with E-state index in [1.165, 1.54) is 36.1 Å². The number of hydrogen-bond acceptors (Lipinski definition) is 3. The minimum absolute atomic E-state index is 0.00882. The smallest absolute Gasteiger partial charge is 0.294 e. The quantitative estimate of drug-likeness (QED) is 0.860. The van der Waals surface area contributed by atoms with Crippen LogP contribution in [-0.4, -0.2) is 16.8 Å². The molecule has 1 aliphatic heterocycles. The number of amides is 1. The number of hydrogen-bond donors (Lipinski definition) is 1. The van der Waals surface area contributed by atoms with E-state index in [1.54, 1.807) is 24.3 Å². The standard InChI is InChI=1S/C18H13BrFNO3/c1-10(22)15-16(11-2-6-13(20)7-3-11)21(18(24)17(15)23)14-8-4-12(19)5-9-14/h2-9,16,23H,1H3. The Morgan fingerprint density at radius 2 is 1.71 bits per heavy atom. The summed E-state index contributed by atoms with van der Waals surface area (Å²) < 4.78 is 14.1. The van der Waals surface area contributed by atoms with E-state index in [-0.39, 0.29) is 5.57 Å². The zero-order chi connectivity index (χ0) is 17.4. The molecule has 0 bridgehead atoms. The molecular formula is C18H13BrFNO3. The van der Waals surface area contributed by atoms with Gasteiger partial charge >= 0.3 is 0 Å². The Morgan fingerprint density at radius 1 is 1.12 bits per heavy atom. The van der Waals surface area contributed by atoms with Crippen molar-refractivity contribution < 1.29 is 19.1 Å². The summed E-state index contributed by atoms with van der Waals surface area (Å²) in [4.78, 5) is 25.9. The second kappa shape index (κ2) is 6.20. The third-order valence-electron chi connectivity index (χ3n) is 3.88. The highest BCUT2D eigenvalue weighted by atomic mass is 79.9. The second-order valence-corrected chi connectivity index (χ2v) is 6.34. The number of rotatable bonds is 3. The first-order valence-corrected chi connectivity index (χ1v) is 7.98. The number of ketones is 1. The molecule has 1 aliphatic rings. The van der Waals surface area contributed by atoms with E-state index >= 15 is 0 Å². The monoisotopic (exact) mass is 389 g/mol. The van der Waals surface area contributed by atoms with Gasteiger partial charge in [-0.15, -0.1) is 0 Å². The Hall–Kier alpha value is -2.47. The Morgan fingerprint density at radius 3 is 2.25 bits per heavy atom.